The molecule has 0 aromatic heterocycles. The normalized spacial score (nSPS) is 8.88. The summed E-state index contributed by atoms with van der Waals surface area (Å²) >= 11 is 5.00. The second kappa shape index (κ2) is 3.84. The van der Waals surface area contributed by atoms with Gasteiger partial charge >= 0.3 is 0 Å². The Morgan fingerprint density at radius 3 is 2.12 bits per heavy atom. The molecule has 0 spiro atoms. The molecular formula is C6H13NS. The maximum atomic E-state index is 5.00. The van der Waals surface area contributed by atoms with Crippen molar-refractivity contribution in [2.45, 2.75) is 20.3 Å². The first-order chi connectivity index (χ1) is 3.72. The van der Waals surface area contributed by atoms with E-state index in [1.54, 1.807) is 0 Å². The average molecular weight is 131 g/mol. The predicted molar refractivity (Wildman–Crippen MR) is 41.2 cm³/mol. The Labute approximate surface area is 56.7 Å². The van der Waals surface area contributed by atoms with E-state index in [4.69, 9.17) is 12.2 Å². The summed E-state index contributed by atoms with van der Waals surface area (Å²) in [5.74, 6) is 0. The third-order valence-electron chi connectivity index (χ3n) is 1.20. The van der Waals surface area contributed by atoms with Crippen LogP contribution in [0.25, 0.3) is 0 Å². The van der Waals surface area contributed by atoms with Gasteiger partial charge in [0.2, 0.25) is 0 Å². The van der Waals surface area contributed by atoms with Crippen molar-refractivity contribution in [2.24, 2.45) is 0 Å². The zero-order chi connectivity index (χ0) is 6.57. The molecule has 0 saturated carbocycles. The molecule has 0 radical (unpaired) electrons. The van der Waals surface area contributed by atoms with Crippen LogP contribution in [0.1, 0.15) is 20.3 Å². The molecule has 0 heterocycles. The maximum absolute atomic E-state index is 5.00. The molecule has 0 aromatic carbocycles. The van der Waals surface area contributed by atoms with Gasteiger partial charge in [-0.05, 0) is 13.3 Å². The lowest BCUT2D eigenvalue weighted by atomic mass is 10.4. The molecule has 0 unspecified atom stereocenters. The Morgan fingerprint density at radius 2 is 2.00 bits per heavy atom. The van der Waals surface area contributed by atoms with E-state index < -0.39 is 0 Å². The lowest BCUT2D eigenvalue weighted by molar-refractivity contribution is 0.535. The SMILES string of the molecule is CCC(=S)N(C)CC. The molecule has 8 heavy (non-hydrogen) atoms. The summed E-state index contributed by atoms with van der Waals surface area (Å²) in [7, 11) is 2.02. The van der Waals surface area contributed by atoms with E-state index in [0.29, 0.717) is 0 Å². The molecule has 0 aliphatic carbocycles. The van der Waals surface area contributed by atoms with Gasteiger partial charge < -0.3 is 4.90 Å². The number of rotatable bonds is 2. The molecule has 0 bridgehead atoms. The lowest BCUT2D eigenvalue weighted by Gasteiger charge is -2.15. The van der Waals surface area contributed by atoms with Crippen molar-refractivity contribution in [3.8, 4) is 0 Å². The molecule has 0 fully saturated rings. The molecule has 2 heteroatoms. The summed E-state index contributed by atoms with van der Waals surface area (Å²) in [6, 6.07) is 0. The van der Waals surface area contributed by atoms with E-state index in [9.17, 15) is 0 Å². The number of thiocarbonyl (C=S) groups is 1. The molecule has 0 atom stereocenters. The Hall–Kier alpha value is -0.110. The van der Waals surface area contributed by atoms with Crippen LogP contribution in [0.4, 0.5) is 0 Å². The molecule has 48 valence electrons. The van der Waals surface area contributed by atoms with Crippen molar-refractivity contribution >= 4 is 17.2 Å². The maximum Gasteiger partial charge on any atom is 0.0773 e. The standard InChI is InChI=1S/C6H13NS/c1-4-6(8)7(3)5-2/h4-5H2,1-3H3. The van der Waals surface area contributed by atoms with Crippen LogP contribution in [-0.2, 0) is 0 Å². The van der Waals surface area contributed by atoms with Gasteiger partial charge in [0.15, 0.2) is 0 Å². The quantitative estimate of drug-likeness (QED) is 0.524. The zero-order valence-electron chi connectivity index (χ0n) is 5.77. The second-order valence-electron chi connectivity index (χ2n) is 1.76. The number of hydrogen-bond acceptors (Lipinski definition) is 1. The molecule has 0 aliphatic heterocycles. The van der Waals surface area contributed by atoms with Crippen LogP contribution in [0, 0.1) is 0 Å². The van der Waals surface area contributed by atoms with Crippen LogP contribution in [-0.4, -0.2) is 23.5 Å². The van der Waals surface area contributed by atoms with Crippen LogP contribution in [0.5, 0.6) is 0 Å². The van der Waals surface area contributed by atoms with Gasteiger partial charge in [0.25, 0.3) is 0 Å². The van der Waals surface area contributed by atoms with Crippen LogP contribution in [0.2, 0.25) is 0 Å². The highest BCUT2D eigenvalue weighted by atomic mass is 32.1. The Bertz CT molecular complexity index is 80.6. The largest absolute Gasteiger partial charge is 0.370 e. The smallest absolute Gasteiger partial charge is 0.0773 e. The van der Waals surface area contributed by atoms with Gasteiger partial charge in [-0.1, -0.05) is 19.1 Å². The first kappa shape index (κ1) is 7.89. The summed E-state index contributed by atoms with van der Waals surface area (Å²) in [6.45, 7) is 5.20. The minimum atomic E-state index is 0.986. The highest BCUT2D eigenvalue weighted by Gasteiger charge is 1.94. The van der Waals surface area contributed by atoms with E-state index in [1.807, 2.05) is 7.05 Å². The molecule has 0 amide bonds. The van der Waals surface area contributed by atoms with Crippen molar-refractivity contribution in [3.63, 3.8) is 0 Å². The van der Waals surface area contributed by atoms with Gasteiger partial charge in [0, 0.05) is 13.6 Å². The third kappa shape index (κ3) is 2.26. The fourth-order valence-corrected chi connectivity index (χ4v) is 0.575. The minimum Gasteiger partial charge on any atom is -0.370 e. The van der Waals surface area contributed by atoms with Crippen LogP contribution < -0.4 is 0 Å². The van der Waals surface area contributed by atoms with Gasteiger partial charge in [0.1, 0.15) is 0 Å². The third-order valence-corrected chi connectivity index (χ3v) is 1.80. The summed E-state index contributed by atoms with van der Waals surface area (Å²) < 4.78 is 0. The monoisotopic (exact) mass is 131 g/mol. The predicted octanol–water partition coefficient (Wildman–Crippen LogP) is 1.68. The average Bonchev–Trinajstić information content (AvgIpc) is 1.84. The van der Waals surface area contributed by atoms with Crippen molar-refractivity contribution in [3.05, 3.63) is 0 Å². The number of nitrogens with zero attached hydrogens (tertiary/aromatic N) is 1. The van der Waals surface area contributed by atoms with Crippen molar-refractivity contribution in [2.75, 3.05) is 13.6 Å². The lowest BCUT2D eigenvalue weighted by Crippen LogP contribution is -2.23. The van der Waals surface area contributed by atoms with E-state index in [2.05, 4.69) is 18.7 Å². The first-order valence-electron chi connectivity index (χ1n) is 2.96. The van der Waals surface area contributed by atoms with Crippen LogP contribution in [0.3, 0.4) is 0 Å². The van der Waals surface area contributed by atoms with Gasteiger partial charge in [-0.3, -0.25) is 0 Å². The topological polar surface area (TPSA) is 3.24 Å². The van der Waals surface area contributed by atoms with Gasteiger partial charge in [-0.25, -0.2) is 0 Å². The Kier molecular flexibility index (Phi) is 3.79. The molecule has 0 rings (SSSR count). The van der Waals surface area contributed by atoms with E-state index in [0.717, 1.165) is 18.0 Å². The molecule has 0 saturated heterocycles. The highest BCUT2D eigenvalue weighted by molar-refractivity contribution is 7.80. The minimum absolute atomic E-state index is 0.986. The molecule has 0 aliphatic rings. The van der Waals surface area contributed by atoms with E-state index in [1.165, 1.54) is 0 Å². The first-order valence-corrected chi connectivity index (χ1v) is 3.37. The Balaban J connectivity index is 3.46. The van der Waals surface area contributed by atoms with Crippen molar-refractivity contribution in [1.29, 1.82) is 0 Å². The molecule has 0 N–H and O–H groups in total. The fraction of sp³-hybridized carbons (Fsp3) is 0.833. The van der Waals surface area contributed by atoms with E-state index in [-0.39, 0.29) is 0 Å². The van der Waals surface area contributed by atoms with Crippen LogP contribution >= 0.6 is 12.2 Å². The summed E-state index contributed by atoms with van der Waals surface area (Å²) in [5.41, 5.74) is 0. The Morgan fingerprint density at radius 1 is 1.50 bits per heavy atom. The molecular weight excluding hydrogens is 118 g/mol. The van der Waals surface area contributed by atoms with Crippen LogP contribution in [0.15, 0.2) is 0 Å². The van der Waals surface area contributed by atoms with Gasteiger partial charge in [0.05, 0.1) is 4.99 Å². The fourth-order valence-electron chi connectivity index (χ4n) is 0.446. The summed E-state index contributed by atoms with van der Waals surface area (Å²) in [5, 5.41) is 0. The molecule has 1 nitrogen and oxygen atoms in total. The van der Waals surface area contributed by atoms with Crippen molar-refractivity contribution < 1.29 is 0 Å². The summed E-state index contributed by atoms with van der Waals surface area (Å²) in [4.78, 5) is 3.13. The number of hydrogen-bond donors (Lipinski definition) is 0. The zero-order valence-corrected chi connectivity index (χ0v) is 6.59. The van der Waals surface area contributed by atoms with Gasteiger partial charge in [-0.15, -0.1) is 0 Å². The van der Waals surface area contributed by atoms with Gasteiger partial charge in [-0.2, -0.15) is 0 Å². The summed E-state index contributed by atoms with van der Waals surface area (Å²) in [6.07, 6.45) is 0.986. The molecule has 0 aromatic rings. The second-order valence-corrected chi connectivity index (χ2v) is 2.23. The highest BCUT2D eigenvalue weighted by Crippen LogP contribution is 1.90. The van der Waals surface area contributed by atoms with E-state index >= 15 is 0 Å². The van der Waals surface area contributed by atoms with Crippen molar-refractivity contribution in [1.82, 2.24) is 4.90 Å².